The zero-order chi connectivity index (χ0) is 11.6. The van der Waals surface area contributed by atoms with Crippen LogP contribution in [0.4, 0.5) is 0 Å². The molecule has 0 amide bonds. The first kappa shape index (κ1) is 12.9. The molecule has 0 aromatic heterocycles. The summed E-state index contributed by atoms with van der Waals surface area (Å²) < 4.78 is 5.72. The molecular formula is C12H26N2O. The molecule has 0 bridgehead atoms. The van der Waals surface area contributed by atoms with Gasteiger partial charge in [-0.05, 0) is 26.2 Å². The summed E-state index contributed by atoms with van der Waals surface area (Å²) in [4.78, 5) is 2.47. The number of rotatable bonds is 3. The van der Waals surface area contributed by atoms with Gasteiger partial charge in [-0.15, -0.1) is 0 Å². The maximum atomic E-state index is 6.00. The lowest BCUT2D eigenvalue weighted by atomic mass is 9.85. The molecule has 0 spiro atoms. The van der Waals surface area contributed by atoms with Gasteiger partial charge in [0.2, 0.25) is 0 Å². The van der Waals surface area contributed by atoms with Gasteiger partial charge in [-0.3, -0.25) is 4.90 Å². The number of hydrogen-bond acceptors (Lipinski definition) is 3. The average molecular weight is 214 g/mol. The van der Waals surface area contributed by atoms with Crippen molar-refractivity contribution in [1.82, 2.24) is 4.90 Å². The van der Waals surface area contributed by atoms with E-state index in [2.05, 4.69) is 39.5 Å². The molecule has 0 radical (unpaired) electrons. The normalized spacial score (nSPS) is 31.6. The van der Waals surface area contributed by atoms with Gasteiger partial charge in [-0.2, -0.15) is 0 Å². The first-order chi connectivity index (χ1) is 6.81. The van der Waals surface area contributed by atoms with Gasteiger partial charge in [0, 0.05) is 25.7 Å². The summed E-state index contributed by atoms with van der Waals surface area (Å²) in [5.41, 5.74) is 6.18. The molecule has 3 unspecified atom stereocenters. The average Bonchev–Trinajstić information content (AvgIpc) is 1.99. The third-order valence-corrected chi connectivity index (χ3v) is 3.36. The second kappa shape index (κ2) is 4.81. The molecular weight excluding hydrogens is 188 g/mol. The van der Waals surface area contributed by atoms with Gasteiger partial charge in [-0.1, -0.05) is 13.8 Å². The van der Waals surface area contributed by atoms with Gasteiger partial charge in [0.15, 0.2) is 0 Å². The van der Waals surface area contributed by atoms with Crippen LogP contribution in [0, 0.1) is 5.41 Å². The molecule has 1 aliphatic rings. The number of nitrogens with two attached hydrogens (primary N) is 1. The third kappa shape index (κ3) is 3.74. The Labute approximate surface area is 94.0 Å². The molecule has 0 saturated carbocycles. The lowest BCUT2D eigenvalue weighted by Crippen LogP contribution is -2.51. The second-order valence-electron chi connectivity index (χ2n) is 5.73. The summed E-state index contributed by atoms with van der Waals surface area (Å²) in [5.74, 6) is 0. The molecule has 1 heterocycles. The Morgan fingerprint density at radius 1 is 1.33 bits per heavy atom. The van der Waals surface area contributed by atoms with Crippen molar-refractivity contribution in [2.24, 2.45) is 11.1 Å². The van der Waals surface area contributed by atoms with Crippen LogP contribution in [-0.4, -0.2) is 42.8 Å². The molecule has 0 aromatic carbocycles. The van der Waals surface area contributed by atoms with E-state index in [0.717, 1.165) is 19.6 Å². The van der Waals surface area contributed by atoms with Crippen LogP contribution in [-0.2, 0) is 4.74 Å². The quantitative estimate of drug-likeness (QED) is 0.773. The van der Waals surface area contributed by atoms with Gasteiger partial charge in [0.25, 0.3) is 0 Å². The van der Waals surface area contributed by atoms with E-state index in [9.17, 15) is 0 Å². The zero-order valence-corrected chi connectivity index (χ0v) is 10.8. The van der Waals surface area contributed by atoms with Crippen LogP contribution in [0.2, 0.25) is 0 Å². The molecule has 3 heteroatoms. The van der Waals surface area contributed by atoms with Crippen LogP contribution in [0.1, 0.15) is 34.6 Å². The van der Waals surface area contributed by atoms with Crippen LogP contribution in [0.5, 0.6) is 0 Å². The number of nitrogens with zero attached hydrogens (tertiary/aromatic N) is 1. The van der Waals surface area contributed by atoms with E-state index >= 15 is 0 Å². The van der Waals surface area contributed by atoms with E-state index in [1.54, 1.807) is 0 Å². The monoisotopic (exact) mass is 214 g/mol. The molecule has 1 saturated heterocycles. The van der Waals surface area contributed by atoms with Crippen molar-refractivity contribution in [1.29, 1.82) is 0 Å². The fourth-order valence-electron chi connectivity index (χ4n) is 2.13. The largest absolute Gasteiger partial charge is 0.373 e. The van der Waals surface area contributed by atoms with Gasteiger partial charge < -0.3 is 10.5 Å². The maximum absolute atomic E-state index is 6.00. The standard InChI is InChI=1S/C12H26N2O/c1-9-6-14(7-10(2)15-9)8-12(4,5)11(3)13/h9-11H,6-8,13H2,1-5H3. The van der Waals surface area contributed by atoms with Crippen molar-refractivity contribution < 1.29 is 4.74 Å². The highest BCUT2D eigenvalue weighted by Crippen LogP contribution is 2.22. The lowest BCUT2D eigenvalue weighted by Gasteiger charge is -2.41. The summed E-state index contributed by atoms with van der Waals surface area (Å²) in [7, 11) is 0. The second-order valence-corrected chi connectivity index (χ2v) is 5.73. The number of hydrogen-bond donors (Lipinski definition) is 1. The summed E-state index contributed by atoms with van der Waals surface area (Å²) in [6.07, 6.45) is 0.690. The van der Waals surface area contributed by atoms with Gasteiger partial charge >= 0.3 is 0 Å². The minimum absolute atomic E-state index is 0.177. The lowest BCUT2D eigenvalue weighted by molar-refractivity contribution is -0.0767. The zero-order valence-electron chi connectivity index (χ0n) is 10.8. The molecule has 0 aromatic rings. The summed E-state index contributed by atoms with van der Waals surface area (Å²) in [6.45, 7) is 14.0. The first-order valence-corrected chi connectivity index (χ1v) is 5.94. The van der Waals surface area contributed by atoms with E-state index in [0.29, 0.717) is 12.2 Å². The Hall–Kier alpha value is -0.120. The predicted molar refractivity (Wildman–Crippen MR) is 63.9 cm³/mol. The van der Waals surface area contributed by atoms with E-state index < -0.39 is 0 Å². The molecule has 2 N–H and O–H groups in total. The molecule has 3 nitrogen and oxygen atoms in total. The fraction of sp³-hybridized carbons (Fsp3) is 1.00. The molecule has 90 valence electrons. The summed E-state index contributed by atoms with van der Waals surface area (Å²) in [6, 6.07) is 0.228. The van der Waals surface area contributed by atoms with Crippen molar-refractivity contribution in [3.05, 3.63) is 0 Å². The molecule has 1 fully saturated rings. The number of ether oxygens (including phenoxy) is 1. The Balaban J connectivity index is 2.50. The highest BCUT2D eigenvalue weighted by Gasteiger charge is 2.30. The minimum atomic E-state index is 0.177. The van der Waals surface area contributed by atoms with Crippen molar-refractivity contribution >= 4 is 0 Å². The van der Waals surface area contributed by atoms with Gasteiger partial charge in [0.1, 0.15) is 0 Å². The van der Waals surface area contributed by atoms with Crippen LogP contribution in [0.3, 0.4) is 0 Å². The first-order valence-electron chi connectivity index (χ1n) is 5.94. The molecule has 0 aliphatic carbocycles. The molecule has 1 aliphatic heterocycles. The van der Waals surface area contributed by atoms with Crippen molar-refractivity contribution in [3.8, 4) is 0 Å². The topological polar surface area (TPSA) is 38.5 Å². The summed E-state index contributed by atoms with van der Waals surface area (Å²) >= 11 is 0. The smallest absolute Gasteiger partial charge is 0.0678 e. The number of morpholine rings is 1. The van der Waals surface area contributed by atoms with Crippen molar-refractivity contribution in [2.75, 3.05) is 19.6 Å². The third-order valence-electron chi connectivity index (χ3n) is 3.36. The van der Waals surface area contributed by atoms with E-state index in [4.69, 9.17) is 10.5 Å². The molecule has 15 heavy (non-hydrogen) atoms. The van der Waals surface area contributed by atoms with E-state index in [-0.39, 0.29) is 11.5 Å². The highest BCUT2D eigenvalue weighted by molar-refractivity contribution is 4.84. The van der Waals surface area contributed by atoms with Crippen LogP contribution in [0.25, 0.3) is 0 Å². The van der Waals surface area contributed by atoms with Crippen molar-refractivity contribution in [2.45, 2.75) is 52.9 Å². The van der Waals surface area contributed by atoms with Crippen LogP contribution < -0.4 is 5.73 Å². The van der Waals surface area contributed by atoms with E-state index in [1.165, 1.54) is 0 Å². The highest BCUT2D eigenvalue weighted by atomic mass is 16.5. The SMILES string of the molecule is CC1CN(CC(C)(C)C(C)N)CC(C)O1. The molecule has 1 rings (SSSR count). The molecule has 3 atom stereocenters. The maximum Gasteiger partial charge on any atom is 0.0678 e. The Bertz CT molecular complexity index is 194. The van der Waals surface area contributed by atoms with Gasteiger partial charge in [0.05, 0.1) is 12.2 Å². The Kier molecular flexibility index (Phi) is 4.15. The van der Waals surface area contributed by atoms with Crippen LogP contribution in [0.15, 0.2) is 0 Å². The van der Waals surface area contributed by atoms with Gasteiger partial charge in [-0.25, -0.2) is 0 Å². The van der Waals surface area contributed by atoms with E-state index in [1.807, 2.05) is 0 Å². The van der Waals surface area contributed by atoms with Crippen LogP contribution >= 0.6 is 0 Å². The summed E-state index contributed by atoms with van der Waals surface area (Å²) in [5, 5.41) is 0. The van der Waals surface area contributed by atoms with Crippen molar-refractivity contribution in [3.63, 3.8) is 0 Å². The Morgan fingerprint density at radius 2 is 1.80 bits per heavy atom. The predicted octanol–water partition coefficient (Wildman–Crippen LogP) is 1.47. The fourth-order valence-corrected chi connectivity index (χ4v) is 2.13. The minimum Gasteiger partial charge on any atom is -0.373 e. The Morgan fingerprint density at radius 3 is 2.20 bits per heavy atom.